The van der Waals surface area contributed by atoms with Crippen LogP contribution in [0.3, 0.4) is 0 Å². The SMILES string of the molecule is NC=C1CCC(=O)CC1. The van der Waals surface area contributed by atoms with E-state index in [2.05, 4.69) is 0 Å². The van der Waals surface area contributed by atoms with Gasteiger partial charge in [0.05, 0.1) is 0 Å². The molecule has 1 fully saturated rings. The monoisotopic (exact) mass is 125 g/mol. The van der Waals surface area contributed by atoms with Gasteiger partial charge in [-0.2, -0.15) is 0 Å². The number of allylic oxidation sites excluding steroid dienone is 1. The smallest absolute Gasteiger partial charge is 0.133 e. The number of carbonyl (C=O) groups is 1. The van der Waals surface area contributed by atoms with Crippen molar-refractivity contribution in [2.24, 2.45) is 5.73 Å². The van der Waals surface area contributed by atoms with Gasteiger partial charge in [-0.1, -0.05) is 5.57 Å². The molecule has 0 bridgehead atoms. The van der Waals surface area contributed by atoms with Gasteiger partial charge < -0.3 is 5.73 Å². The summed E-state index contributed by atoms with van der Waals surface area (Å²) in [5, 5.41) is 0. The van der Waals surface area contributed by atoms with Crippen molar-refractivity contribution in [2.45, 2.75) is 25.7 Å². The summed E-state index contributed by atoms with van der Waals surface area (Å²) >= 11 is 0. The minimum absolute atomic E-state index is 0.376. The normalized spacial score (nSPS) is 20.0. The van der Waals surface area contributed by atoms with Crippen molar-refractivity contribution in [3.63, 3.8) is 0 Å². The van der Waals surface area contributed by atoms with Gasteiger partial charge in [0.1, 0.15) is 5.78 Å². The first-order valence-electron chi connectivity index (χ1n) is 3.24. The van der Waals surface area contributed by atoms with E-state index in [1.165, 1.54) is 5.57 Å². The molecule has 9 heavy (non-hydrogen) atoms. The Morgan fingerprint density at radius 1 is 1.22 bits per heavy atom. The summed E-state index contributed by atoms with van der Waals surface area (Å²) in [4.78, 5) is 10.7. The fourth-order valence-electron chi connectivity index (χ4n) is 1.02. The van der Waals surface area contributed by atoms with Gasteiger partial charge in [-0.3, -0.25) is 4.79 Å². The standard InChI is InChI=1S/C7H11NO/c8-5-6-1-3-7(9)4-2-6/h5H,1-4,8H2. The summed E-state index contributed by atoms with van der Waals surface area (Å²) < 4.78 is 0. The maximum Gasteiger partial charge on any atom is 0.133 e. The lowest BCUT2D eigenvalue weighted by molar-refractivity contribution is -0.119. The predicted octanol–water partition coefficient (Wildman–Crippen LogP) is 0.972. The van der Waals surface area contributed by atoms with Gasteiger partial charge in [0.2, 0.25) is 0 Å². The van der Waals surface area contributed by atoms with E-state index in [0.717, 1.165) is 12.8 Å². The molecule has 50 valence electrons. The van der Waals surface area contributed by atoms with Crippen molar-refractivity contribution in [1.82, 2.24) is 0 Å². The molecule has 1 saturated carbocycles. The van der Waals surface area contributed by atoms with Gasteiger partial charge in [-0.15, -0.1) is 0 Å². The highest BCUT2D eigenvalue weighted by atomic mass is 16.1. The quantitative estimate of drug-likeness (QED) is 0.524. The molecule has 0 atom stereocenters. The van der Waals surface area contributed by atoms with E-state index in [1.54, 1.807) is 6.20 Å². The molecule has 0 amide bonds. The van der Waals surface area contributed by atoms with Crippen LogP contribution in [0.5, 0.6) is 0 Å². The highest BCUT2D eigenvalue weighted by Crippen LogP contribution is 2.18. The number of hydrogen-bond acceptors (Lipinski definition) is 2. The zero-order chi connectivity index (χ0) is 6.69. The largest absolute Gasteiger partial charge is 0.405 e. The third kappa shape index (κ3) is 1.56. The molecule has 0 radical (unpaired) electrons. The van der Waals surface area contributed by atoms with Gasteiger partial charge >= 0.3 is 0 Å². The summed E-state index contributed by atoms with van der Waals surface area (Å²) in [6, 6.07) is 0. The second-order valence-corrected chi connectivity index (χ2v) is 2.36. The maximum absolute atomic E-state index is 10.7. The third-order valence-corrected chi connectivity index (χ3v) is 1.69. The number of hydrogen-bond donors (Lipinski definition) is 1. The average Bonchev–Trinajstić information content (AvgIpc) is 1.90. The summed E-state index contributed by atoms with van der Waals surface area (Å²) in [6.07, 6.45) is 4.79. The molecule has 0 unspecified atom stereocenters. The van der Waals surface area contributed by atoms with Crippen LogP contribution in [-0.2, 0) is 4.79 Å². The topological polar surface area (TPSA) is 43.1 Å². The van der Waals surface area contributed by atoms with E-state index in [-0.39, 0.29) is 0 Å². The second-order valence-electron chi connectivity index (χ2n) is 2.36. The molecule has 2 heteroatoms. The fourth-order valence-corrected chi connectivity index (χ4v) is 1.02. The molecule has 0 aliphatic heterocycles. The van der Waals surface area contributed by atoms with Crippen LogP contribution in [-0.4, -0.2) is 5.78 Å². The van der Waals surface area contributed by atoms with Gasteiger partial charge in [0.25, 0.3) is 0 Å². The van der Waals surface area contributed by atoms with Gasteiger partial charge in [-0.05, 0) is 19.0 Å². The van der Waals surface area contributed by atoms with Crippen molar-refractivity contribution >= 4 is 5.78 Å². The molecular formula is C7H11NO. The minimum atomic E-state index is 0.376. The van der Waals surface area contributed by atoms with Crippen LogP contribution in [0.2, 0.25) is 0 Å². The number of Topliss-reactive ketones (excluding diaryl/α,β-unsaturated/α-hetero) is 1. The Morgan fingerprint density at radius 2 is 1.78 bits per heavy atom. The van der Waals surface area contributed by atoms with E-state index in [0.29, 0.717) is 18.6 Å². The van der Waals surface area contributed by atoms with Crippen LogP contribution < -0.4 is 5.73 Å². The molecule has 2 N–H and O–H groups in total. The molecular weight excluding hydrogens is 114 g/mol. The highest BCUT2D eigenvalue weighted by molar-refractivity contribution is 5.80. The second kappa shape index (κ2) is 2.67. The molecule has 0 saturated heterocycles. The number of rotatable bonds is 0. The lowest BCUT2D eigenvalue weighted by Crippen LogP contribution is -2.06. The first kappa shape index (κ1) is 6.33. The summed E-state index contributed by atoms with van der Waals surface area (Å²) in [5.74, 6) is 0.376. The lowest BCUT2D eigenvalue weighted by atomic mass is 9.95. The van der Waals surface area contributed by atoms with Crippen LogP contribution in [0.4, 0.5) is 0 Å². The predicted molar refractivity (Wildman–Crippen MR) is 35.7 cm³/mol. The summed E-state index contributed by atoms with van der Waals surface area (Å²) in [5.41, 5.74) is 6.51. The number of carbonyl (C=O) groups excluding carboxylic acids is 1. The van der Waals surface area contributed by atoms with E-state index in [9.17, 15) is 4.79 Å². The van der Waals surface area contributed by atoms with Crippen LogP contribution in [0.15, 0.2) is 11.8 Å². The molecule has 0 aromatic heterocycles. The van der Waals surface area contributed by atoms with Crippen LogP contribution in [0.25, 0.3) is 0 Å². The highest BCUT2D eigenvalue weighted by Gasteiger charge is 2.10. The first-order chi connectivity index (χ1) is 4.33. The van der Waals surface area contributed by atoms with Gasteiger partial charge in [0, 0.05) is 12.8 Å². The van der Waals surface area contributed by atoms with E-state index >= 15 is 0 Å². The molecule has 2 nitrogen and oxygen atoms in total. The Hall–Kier alpha value is -0.790. The Bertz CT molecular complexity index is 137. The Morgan fingerprint density at radius 3 is 2.22 bits per heavy atom. The Labute approximate surface area is 54.7 Å². The summed E-state index contributed by atoms with van der Waals surface area (Å²) in [7, 11) is 0. The minimum Gasteiger partial charge on any atom is -0.405 e. The Balaban J connectivity index is 2.44. The molecule has 1 aliphatic rings. The van der Waals surface area contributed by atoms with Crippen molar-refractivity contribution < 1.29 is 4.79 Å². The Kier molecular flexibility index (Phi) is 1.88. The van der Waals surface area contributed by atoms with Crippen molar-refractivity contribution in [1.29, 1.82) is 0 Å². The summed E-state index contributed by atoms with van der Waals surface area (Å²) in [6.45, 7) is 0. The van der Waals surface area contributed by atoms with E-state index in [4.69, 9.17) is 5.73 Å². The van der Waals surface area contributed by atoms with Gasteiger partial charge in [-0.25, -0.2) is 0 Å². The van der Waals surface area contributed by atoms with Crippen molar-refractivity contribution in [3.8, 4) is 0 Å². The number of nitrogens with two attached hydrogens (primary N) is 1. The molecule has 0 heterocycles. The third-order valence-electron chi connectivity index (χ3n) is 1.69. The van der Waals surface area contributed by atoms with E-state index < -0.39 is 0 Å². The average molecular weight is 125 g/mol. The van der Waals surface area contributed by atoms with Crippen molar-refractivity contribution in [3.05, 3.63) is 11.8 Å². The molecule has 1 aliphatic carbocycles. The van der Waals surface area contributed by atoms with Gasteiger partial charge in [0.15, 0.2) is 0 Å². The van der Waals surface area contributed by atoms with E-state index in [1.807, 2.05) is 0 Å². The molecule has 0 aromatic rings. The molecule has 0 spiro atoms. The zero-order valence-corrected chi connectivity index (χ0v) is 5.39. The van der Waals surface area contributed by atoms with Crippen molar-refractivity contribution in [2.75, 3.05) is 0 Å². The van der Waals surface area contributed by atoms with Crippen LogP contribution in [0.1, 0.15) is 25.7 Å². The van der Waals surface area contributed by atoms with Crippen LogP contribution in [0, 0.1) is 0 Å². The fraction of sp³-hybridized carbons (Fsp3) is 0.571. The molecule has 1 rings (SSSR count). The zero-order valence-electron chi connectivity index (χ0n) is 5.39. The lowest BCUT2D eigenvalue weighted by Gasteiger charge is -2.10. The first-order valence-corrected chi connectivity index (χ1v) is 3.24. The van der Waals surface area contributed by atoms with Crippen LogP contribution >= 0.6 is 0 Å². The maximum atomic E-state index is 10.7. The number of ketones is 1. The molecule has 0 aromatic carbocycles.